The minimum atomic E-state index is -0.976. The van der Waals surface area contributed by atoms with Crippen LogP contribution in [0.3, 0.4) is 0 Å². The molecule has 0 radical (unpaired) electrons. The van der Waals surface area contributed by atoms with Crippen molar-refractivity contribution in [1.82, 2.24) is 9.80 Å². The van der Waals surface area contributed by atoms with Crippen molar-refractivity contribution < 1.29 is 19.1 Å². The predicted octanol–water partition coefficient (Wildman–Crippen LogP) is 1.60. The Labute approximate surface area is 129 Å². The van der Waals surface area contributed by atoms with Gasteiger partial charge in [0.1, 0.15) is 12.8 Å². The summed E-state index contributed by atoms with van der Waals surface area (Å²) in [4.78, 5) is 27.8. The van der Waals surface area contributed by atoms with E-state index in [1.807, 2.05) is 37.3 Å². The molecule has 6 heteroatoms. The van der Waals surface area contributed by atoms with Gasteiger partial charge in [0.2, 0.25) is 0 Å². The van der Waals surface area contributed by atoms with Crippen molar-refractivity contribution >= 4 is 12.0 Å². The zero-order chi connectivity index (χ0) is 15.9. The van der Waals surface area contributed by atoms with Crippen molar-refractivity contribution in [2.45, 2.75) is 38.3 Å². The zero-order valence-corrected chi connectivity index (χ0v) is 13.0. The van der Waals surface area contributed by atoms with Crippen LogP contribution in [0.15, 0.2) is 30.3 Å². The molecule has 6 nitrogen and oxygen atoms in total. The summed E-state index contributed by atoms with van der Waals surface area (Å²) in [5.74, 6) is -0.0779. The highest BCUT2D eigenvalue weighted by Crippen LogP contribution is 2.42. The van der Waals surface area contributed by atoms with Crippen LogP contribution in [0.4, 0.5) is 4.79 Å². The molecule has 2 saturated heterocycles. The molecule has 2 aliphatic rings. The second-order valence-electron chi connectivity index (χ2n) is 5.94. The molecule has 0 saturated carbocycles. The largest absolute Gasteiger partial charge is 0.444 e. The number of benzene rings is 1. The maximum atomic E-state index is 12.4. The normalized spacial score (nSPS) is 30.0. The topological polar surface area (TPSA) is 59.1 Å². The van der Waals surface area contributed by atoms with Gasteiger partial charge in [-0.25, -0.2) is 4.79 Å². The maximum Gasteiger partial charge on any atom is 0.411 e. The highest BCUT2D eigenvalue weighted by Gasteiger charge is 2.66. The molecule has 0 N–H and O–H groups in total. The SMILES string of the molecule is CO[C@@]1(C)C(=O)N2C1N(C(=O)OCc1ccccc1)C[C@@H]2C. The van der Waals surface area contributed by atoms with E-state index in [2.05, 4.69) is 0 Å². The summed E-state index contributed by atoms with van der Waals surface area (Å²) in [6.45, 7) is 4.31. The van der Waals surface area contributed by atoms with Gasteiger partial charge in [-0.05, 0) is 19.4 Å². The van der Waals surface area contributed by atoms with E-state index in [4.69, 9.17) is 9.47 Å². The van der Waals surface area contributed by atoms with Crippen LogP contribution < -0.4 is 0 Å². The monoisotopic (exact) mass is 304 g/mol. The molecule has 2 amide bonds. The van der Waals surface area contributed by atoms with Crippen molar-refractivity contribution in [3.8, 4) is 0 Å². The molecule has 2 aliphatic heterocycles. The Kier molecular flexibility index (Phi) is 3.56. The number of carbonyl (C=O) groups is 2. The summed E-state index contributed by atoms with van der Waals surface area (Å²) in [6.07, 6.45) is -0.803. The number of amides is 2. The lowest BCUT2D eigenvalue weighted by Crippen LogP contribution is -2.75. The number of hydrogen-bond acceptors (Lipinski definition) is 4. The van der Waals surface area contributed by atoms with Crippen LogP contribution in [-0.2, 0) is 20.9 Å². The number of methoxy groups -OCH3 is 1. The highest BCUT2D eigenvalue weighted by molar-refractivity contribution is 5.94. The van der Waals surface area contributed by atoms with Gasteiger partial charge in [-0.15, -0.1) is 0 Å². The van der Waals surface area contributed by atoms with Crippen LogP contribution in [0.25, 0.3) is 0 Å². The van der Waals surface area contributed by atoms with Crippen LogP contribution in [0, 0.1) is 0 Å². The summed E-state index contributed by atoms with van der Waals surface area (Å²) in [5.41, 5.74) is -0.0459. The summed E-state index contributed by atoms with van der Waals surface area (Å²) in [7, 11) is 1.49. The molecule has 1 unspecified atom stereocenters. The molecule has 0 aliphatic carbocycles. The van der Waals surface area contributed by atoms with E-state index < -0.39 is 11.7 Å². The van der Waals surface area contributed by atoms with Crippen LogP contribution in [0.1, 0.15) is 19.4 Å². The molecule has 22 heavy (non-hydrogen) atoms. The Hall–Kier alpha value is -2.08. The molecule has 0 aromatic heterocycles. The summed E-state index contributed by atoms with van der Waals surface area (Å²) >= 11 is 0. The Morgan fingerprint density at radius 2 is 2.05 bits per heavy atom. The standard InChI is InChI=1S/C16H20N2O4/c1-11-9-17(13-16(2,21-3)14(19)18(11)13)15(20)22-10-12-7-5-4-6-8-12/h4-8,11,13H,9-10H2,1-3H3/t11-,13?,16+/m0/s1. The highest BCUT2D eigenvalue weighted by atomic mass is 16.6. The first-order valence-corrected chi connectivity index (χ1v) is 7.34. The molecule has 0 spiro atoms. The average molecular weight is 304 g/mol. The first-order chi connectivity index (χ1) is 10.5. The molecule has 1 aromatic carbocycles. The lowest BCUT2D eigenvalue weighted by Gasteiger charge is -2.52. The molecular formula is C16H20N2O4. The summed E-state index contributed by atoms with van der Waals surface area (Å²) in [5, 5.41) is 0. The second-order valence-corrected chi connectivity index (χ2v) is 5.94. The van der Waals surface area contributed by atoms with Gasteiger partial charge in [-0.1, -0.05) is 30.3 Å². The fourth-order valence-electron chi connectivity index (χ4n) is 3.21. The van der Waals surface area contributed by atoms with E-state index >= 15 is 0 Å². The molecular weight excluding hydrogens is 284 g/mol. The van der Waals surface area contributed by atoms with Crippen molar-refractivity contribution in [2.24, 2.45) is 0 Å². The van der Waals surface area contributed by atoms with Crippen LogP contribution in [-0.4, -0.2) is 53.3 Å². The van der Waals surface area contributed by atoms with Crippen LogP contribution in [0.2, 0.25) is 0 Å². The number of nitrogens with zero attached hydrogens (tertiary/aromatic N) is 2. The fourth-order valence-corrected chi connectivity index (χ4v) is 3.21. The molecule has 1 aromatic rings. The molecule has 2 fully saturated rings. The third-order valence-corrected chi connectivity index (χ3v) is 4.51. The number of β-lactam (4-membered cyclic amide) rings is 1. The molecule has 2 heterocycles. The van der Waals surface area contributed by atoms with Gasteiger partial charge in [0.05, 0.1) is 0 Å². The zero-order valence-electron chi connectivity index (χ0n) is 13.0. The Morgan fingerprint density at radius 1 is 1.36 bits per heavy atom. The van der Waals surface area contributed by atoms with Gasteiger partial charge < -0.3 is 14.4 Å². The van der Waals surface area contributed by atoms with E-state index in [0.717, 1.165) is 5.56 Å². The second kappa shape index (κ2) is 5.28. The fraction of sp³-hybridized carbons (Fsp3) is 0.500. The van der Waals surface area contributed by atoms with E-state index in [1.54, 1.807) is 16.7 Å². The Balaban J connectivity index is 1.69. The van der Waals surface area contributed by atoms with Gasteiger partial charge in [0, 0.05) is 19.7 Å². The predicted molar refractivity (Wildman–Crippen MR) is 78.8 cm³/mol. The third kappa shape index (κ3) is 2.06. The Morgan fingerprint density at radius 3 is 2.68 bits per heavy atom. The minimum absolute atomic E-state index is 0.0231. The van der Waals surface area contributed by atoms with Crippen molar-refractivity contribution in [1.29, 1.82) is 0 Å². The smallest absolute Gasteiger partial charge is 0.411 e. The van der Waals surface area contributed by atoms with Gasteiger partial charge in [-0.3, -0.25) is 9.69 Å². The number of ether oxygens (including phenoxy) is 2. The van der Waals surface area contributed by atoms with Gasteiger partial charge in [0.25, 0.3) is 5.91 Å². The van der Waals surface area contributed by atoms with E-state index in [-0.39, 0.29) is 24.7 Å². The Bertz CT molecular complexity index is 591. The van der Waals surface area contributed by atoms with Gasteiger partial charge in [0.15, 0.2) is 5.60 Å². The number of hydrogen-bond donors (Lipinski definition) is 0. The minimum Gasteiger partial charge on any atom is -0.444 e. The lowest BCUT2D eigenvalue weighted by atomic mass is 9.89. The average Bonchev–Trinajstić information content (AvgIpc) is 2.87. The van der Waals surface area contributed by atoms with Crippen molar-refractivity contribution in [3.63, 3.8) is 0 Å². The maximum absolute atomic E-state index is 12.4. The molecule has 0 bridgehead atoms. The van der Waals surface area contributed by atoms with E-state index in [0.29, 0.717) is 6.54 Å². The number of carbonyl (C=O) groups excluding carboxylic acids is 2. The van der Waals surface area contributed by atoms with Crippen LogP contribution >= 0.6 is 0 Å². The van der Waals surface area contributed by atoms with Gasteiger partial charge >= 0.3 is 6.09 Å². The molecule has 118 valence electrons. The summed E-state index contributed by atoms with van der Waals surface area (Å²) < 4.78 is 10.7. The number of fused-ring (bicyclic) bond motifs is 1. The molecule has 3 atom stereocenters. The quantitative estimate of drug-likeness (QED) is 0.796. The first kappa shape index (κ1) is 14.8. The number of rotatable bonds is 3. The van der Waals surface area contributed by atoms with E-state index in [1.165, 1.54) is 7.11 Å². The summed E-state index contributed by atoms with van der Waals surface area (Å²) in [6, 6.07) is 9.49. The van der Waals surface area contributed by atoms with Gasteiger partial charge in [-0.2, -0.15) is 0 Å². The van der Waals surface area contributed by atoms with Crippen molar-refractivity contribution in [2.75, 3.05) is 13.7 Å². The first-order valence-electron chi connectivity index (χ1n) is 7.34. The third-order valence-electron chi connectivity index (χ3n) is 4.51. The van der Waals surface area contributed by atoms with Crippen molar-refractivity contribution in [3.05, 3.63) is 35.9 Å². The lowest BCUT2D eigenvalue weighted by molar-refractivity contribution is -0.203. The van der Waals surface area contributed by atoms with E-state index in [9.17, 15) is 9.59 Å². The molecule has 3 rings (SSSR count). The van der Waals surface area contributed by atoms with Crippen LogP contribution in [0.5, 0.6) is 0 Å².